The van der Waals surface area contributed by atoms with Crippen LogP contribution in [0.4, 0.5) is 11.4 Å². The third kappa shape index (κ3) is 6.08. The lowest BCUT2D eigenvalue weighted by Gasteiger charge is -2.24. The smallest absolute Gasteiger partial charge is 0.339 e. The van der Waals surface area contributed by atoms with E-state index < -0.39 is 28.4 Å². The Morgan fingerprint density at radius 1 is 0.971 bits per heavy atom. The fourth-order valence-electron chi connectivity index (χ4n) is 3.06. The molecule has 0 aliphatic rings. The highest BCUT2D eigenvalue weighted by molar-refractivity contribution is 7.92. The number of benzene rings is 3. The molecule has 0 bridgehead atoms. The number of esters is 1. The van der Waals surface area contributed by atoms with Crippen LogP contribution in [0.1, 0.15) is 22.8 Å². The molecule has 0 heterocycles. The van der Waals surface area contributed by atoms with Gasteiger partial charge < -0.3 is 10.1 Å². The quantitative estimate of drug-likeness (QED) is 0.406. The number of halogens is 2. The highest BCUT2D eigenvalue weighted by atomic mass is 35.5. The minimum absolute atomic E-state index is 0.00731. The summed E-state index contributed by atoms with van der Waals surface area (Å²) < 4.78 is 32.7. The van der Waals surface area contributed by atoms with Crippen LogP contribution in [-0.4, -0.2) is 33.4 Å². The molecule has 0 atom stereocenters. The fraction of sp³-hybridized carbons (Fsp3) is 0.167. The predicted octanol–water partition coefficient (Wildman–Crippen LogP) is 5.31. The second-order valence-corrected chi connectivity index (χ2v) is 9.97. The minimum atomic E-state index is -4.08. The van der Waals surface area contributed by atoms with Crippen LogP contribution in [0.2, 0.25) is 10.0 Å². The SMILES string of the molecule is CCOC(=O)c1ccc(NC(=O)CN(c2ccc(C)cc2)S(=O)(=O)c2ccc(Cl)cc2)cc1Cl. The molecule has 0 spiro atoms. The first kappa shape index (κ1) is 25.6. The number of ether oxygens (including phenoxy) is 1. The second kappa shape index (κ2) is 10.9. The normalized spacial score (nSPS) is 11.1. The molecule has 1 amide bonds. The lowest BCUT2D eigenvalue weighted by molar-refractivity contribution is -0.114. The van der Waals surface area contributed by atoms with Gasteiger partial charge in [-0.1, -0.05) is 40.9 Å². The summed E-state index contributed by atoms with van der Waals surface area (Å²) >= 11 is 12.1. The number of hydrogen-bond acceptors (Lipinski definition) is 5. The van der Waals surface area contributed by atoms with E-state index in [-0.39, 0.29) is 22.1 Å². The zero-order valence-corrected chi connectivity index (χ0v) is 20.7. The second-order valence-electron chi connectivity index (χ2n) is 7.26. The molecule has 0 unspecified atom stereocenters. The van der Waals surface area contributed by atoms with Gasteiger partial charge in [0.1, 0.15) is 6.54 Å². The van der Waals surface area contributed by atoms with E-state index >= 15 is 0 Å². The number of hydrogen-bond donors (Lipinski definition) is 1. The number of nitrogens with zero attached hydrogens (tertiary/aromatic N) is 1. The van der Waals surface area contributed by atoms with Crippen molar-refractivity contribution in [3.05, 3.63) is 87.9 Å². The highest BCUT2D eigenvalue weighted by Crippen LogP contribution is 2.26. The van der Waals surface area contributed by atoms with Crippen molar-refractivity contribution in [1.82, 2.24) is 0 Å². The highest BCUT2D eigenvalue weighted by Gasteiger charge is 2.27. The topological polar surface area (TPSA) is 92.8 Å². The Morgan fingerprint density at radius 3 is 2.21 bits per heavy atom. The molecule has 3 aromatic carbocycles. The van der Waals surface area contributed by atoms with Crippen molar-refractivity contribution >= 4 is 56.5 Å². The van der Waals surface area contributed by atoms with Crippen LogP contribution < -0.4 is 9.62 Å². The van der Waals surface area contributed by atoms with Gasteiger partial charge in [0.05, 0.1) is 27.8 Å². The van der Waals surface area contributed by atoms with Crippen LogP contribution in [0.15, 0.2) is 71.6 Å². The van der Waals surface area contributed by atoms with E-state index in [4.69, 9.17) is 27.9 Å². The summed E-state index contributed by atoms with van der Waals surface area (Å²) in [6.45, 7) is 3.26. The zero-order valence-electron chi connectivity index (χ0n) is 18.4. The summed E-state index contributed by atoms with van der Waals surface area (Å²) in [5.74, 6) is -1.18. The van der Waals surface area contributed by atoms with E-state index in [1.54, 1.807) is 31.2 Å². The van der Waals surface area contributed by atoms with Gasteiger partial charge in [-0.25, -0.2) is 13.2 Å². The van der Waals surface area contributed by atoms with Gasteiger partial charge >= 0.3 is 5.97 Å². The number of anilines is 2. The van der Waals surface area contributed by atoms with Crippen molar-refractivity contribution in [3.63, 3.8) is 0 Å². The summed E-state index contributed by atoms with van der Waals surface area (Å²) in [4.78, 5) is 24.8. The van der Waals surface area contributed by atoms with Gasteiger partial charge in [0, 0.05) is 10.7 Å². The van der Waals surface area contributed by atoms with E-state index in [0.717, 1.165) is 9.87 Å². The molecule has 7 nitrogen and oxygen atoms in total. The Labute approximate surface area is 208 Å². The molecule has 34 heavy (non-hydrogen) atoms. The van der Waals surface area contributed by atoms with Crippen molar-refractivity contribution < 1.29 is 22.7 Å². The van der Waals surface area contributed by atoms with Crippen LogP contribution >= 0.6 is 23.2 Å². The van der Waals surface area contributed by atoms with Crippen LogP contribution in [0.5, 0.6) is 0 Å². The number of sulfonamides is 1. The summed E-state index contributed by atoms with van der Waals surface area (Å²) in [5.41, 5.74) is 1.73. The molecule has 0 fully saturated rings. The number of rotatable bonds is 8. The van der Waals surface area contributed by atoms with E-state index in [1.807, 2.05) is 6.92 Å². The average Bonchev–Trinajstić information content (AvgIpc) is 2.78. The molecule has 0 saturated heterocycles. The van der Waals surface area contributed by atoms with Crippen molar-refractivity contribution in [2.75, 3.05) is 22.8 Å². The fourth-order valence-corrected chi connectivity index (χ4v) is 4.86. The molecular formula is C24H22Cl2N2O5S. The maximum Gasteiger partial charge on any atom is 0.339 e. The molecule has 3 rings (SSSR count). The van der Waals surface area contributed by atoms with Gasteiger partial charge in [-0.05, 0) is 68.4 Å². The number of carbonyl (C=O) groups excluding carboxylic acids is 2. The van der Waals surface area contributed by atoms with E-state index in [2.05, 4.69) is 5.32 Å². The molecular weight excluding hydrogens is 499 g/mol. The van der Waals surface area contributed by atoms with Gasteiger partial charge in [-0.15, -0.1) is 0 Å². The molecule has 0 aliphatic heterocycles. The summed E-state index contributed by atoms with van der Waals surface area (Å²) in [7, 11) is -4.08. The molecule has 3 aromatic rings. The minimum Gasteiger partial charge on any atom is -0.462 e. The largest absolute Gasteiger partial charge is 0.462 e. The van der Waals surface area contributed by atoms with Crippen LogP contribution in [0.25, 0.3) is 0 Å². The molecule has 10 heteroatoms. The molecule has 0 aromatic heterocycles. The standard InChI is InChI=1S/C24H22Cl2N2O5S/c1-3-33-24(30)21-13-8-18(14-22(21)26)27-23(29)15-28(19-9-4-16(2)5-10-19)34(31,32)20-11-6-17(25)7-12-20/h4-14H,3,15H2,1-2H3,(H,27,29). The van der Waals surface area contributed by atoms with Gasteiger partial charge in [0.15, 0.2) is 0 Å². The first-order valence-corrected chi connectivity index (χ1v) is 12.4. The lowest BCUT2D eigenvalue weighted by Crippen LogP contribution is -2.38. The number of aryl methyl sites for hydroxylation is 1. The summed E-state index contributed by atoms with van der Waals surface area (Å²) in [6, 6.07) is 16.8. The Hall–Kier alpha value is -3.07. The Morgan fingerprint density at radius 2 is 1.62 bits per heavy atom. The van der Waals surface area contributed by atoms with Gasteiger partial charge in [-0.2, -0.15) is 0 Å². The Kier molecular flexibility index (Phi) is 8.19. The summed E-state index contributed by atoms with van der Waals surface area (Å²) in [5, 5.41) is 3.11. The van der Waals surface area contributed by atoms with Crippen molar-refractivity contribution in [3.8, 4) is 0 Å². The van der Waals surface area contributed by atoms with Crippen molar-refractivity contribution in [1.29, 1.82) is 0 Å². The van der Waals surface area contributed by atoms with Gasteiger partial charge in [0.2, 0.25) is 5.91 Å². The zero-order chi connectivity index (χ0) is 24.9. The monoisotopic (exact) mass is 520 g/mol. The van der Waals surface area contributed by atoms with Crippen LogP contribution in [0, 0.1) is 6.92 Å². The molecule has 0 saturated carbocycles. The predicted molar refractivity (Wildman–Crippen MR) is 133 cm³/mol. The molecule has 0 aliphatic carbocycles. The number of carbonyl (C=O) groups is 2. The van der Waals surface area contributed by atoms with Gasteiger partial charge in [0.25, 0.3) is 10.0 Å². The maximum absolute atomic E-state index is 13.4. The molecule has 1 N–H and O–H groups in total. The van der Waals surface area contributed by atoms with Crippen molar-refractivity contribution in [2.24, 2.45) is 0 Å². The number of nitrogens with one attached hydrogen (secondary N) is 1. The van der Waals surface area contributed by atoms with E-state index in [9.17, 15) is 18.0 Å². The average molecular weight is 521 g/mol. The Bertz CT molecular complexity index is 1290. The first-order chi connectivity index (χ1) is 16.1. The maximum atomic E-state index is 13.4. The Balaban J connectivity index is 1.87. The van der Waals surface area contributed by atoms with Gasteiger partial charge in [-0.3, -0.25) is 9.10 Å². The third-order valence-corrected chi connectivity index (χ3v) is 7.11. The van der Waals surface area contributed by atoms with Crippen LogP contribution in [0.3, 0.4) is 0 Å². The molecule has 178 valence electrons. The van der Waals surface area contributed by atoms with Crippen molar-refractivity contribution in [2.45, 2.75) is 18.7 Å². The van der Waals surface area contributed by atoms with Crippen LogP contribution in [-0.2, 0) is 19.6 Å². The molecule has 0 radical (unpaired) electrons. The van der Waals surface area contributed by atoms with E-state index in [1.165, 1.54) is 42.5 Å². The number of amides is 1. The van der Waals surface area contributed by atoms with E-state index in [0.29, 0.717) is 16.4 Å². The summed E-state index contributed by atoms with van der Waals surface area (Å²) in [6.07, 6.45) is 0. The third-order valence-electron chi connectivity index (χ3n) is 4.76. The lowest BCUT2D eigenvalue weighted by atomic mass is 10.2. The first-order valence-electron chi connectivity index (χ1n) is 10.2.